The molecule has 16 heavy (non-hydrogen) atoms. The molecule has 3 heteroatoms. The zero-order valence-corrected chi connectivity index (χ0v) is 8.44. The molecule has 2 nitrogen and oxygen atoms in total. The second kappa shape index (κ2) is 3.45. The lowest BCUT2D eigenvalue weighted by Crippen LogP contribution is -1.85. The summed E-state index contributed by atoms with van der Waals surface area (Å²) in [4.78, 5) is 7.32. The highest BCUT2D eigenvalue weighted by molar-refractivity contribution is 5.80. The Labute approximate surface area is 91.8 Å². The summed E-state index contributed by atoms with van der Waals surface area (Å²) in [5.74, 6) is -0.227. The van der Waals surface area contributed by atoms with E-state index in [0.717, 1.165) is 16.6 Å². The lowest BCUT2D eigenvalue weighted by Gasteiger charge is -2.02. The van der Waals surface area contributed by atoms with E-state index in [1.807, 2.05) is 24.4 Å². The Balaban J connectivity index is 2.22. The molecule has 0 saturated carbocycles. The monoisotopic (exact) mass is 212 g/mol. The van der Waals surface area contributed by atoms with Crippen molar-refractivity contribution < 1.29 is 4.39 Å². The van der Waals surface area contributed by atoms with Crippen molar-refractivity contribution in [2.45, 2.75) is 0 Å². The third-order valence-corrected chi connectivity index (χ3v) is 2.58. The number of pyridine rings is 1. The van der Waals surface area contributed by atoms with Crippen LogP contribution in [0.4, 0.5) is 4.39 Å². The van der Waals surface area contributed by atoms with Crippen LogP contribution >= 0.6 is 0 Å². The summed E-state index contributed by atoms with van der Waals surface area (Å²) in [7, 11) is 0. The molecule has 0 aliphatic rings. The maximum atomic E-state index is 13.6. The average molecular weight is 212 g/mol. The summed E-state index contributed by atoms with van der Waals surface area (Å²) in [5.41, 5.74) is 3.17. The van der Waals surface area contributed by atoms with Crippen molar-refractivity contribution in [1.29, 1.82) is 0 Å². The number of aromatic amines is 1. The molecule has 3 aromatic rings. The number of hydrogen-bond acceptors (Lipinski definition) is 1. The molecule has 78 valence electrons. The molecule has 1 aromatic carbocycles. The van der Waals surface area contributed by atoms with Crippen molar-refractivity contribution in [2.75, 3.05) is 0 Å². The van der Waals surface area contributed by atoms with Gasteiger partial charge in [-0.2, -0.15) is 0 Å². The lowest BCUT2D eigenvalue weighted by atomic mass is 10.1. The predicted octanol–water partition coefficient (Wildman–Crippen LogP) is 3.37. The van der Waals surface area contributed by atoms with Gasteiger partial charge < -0.3 is 4.98 Å². The summed E-state index contributed by atoms with van der Waals surface area (Å²) >= 11 is 0. The molecular formula is C13H9FN2. The molecule has 0 bridgehead atoms. The first kappa shape index (κ1) is 9.09. The van der Waals surface area contributed by atoms with Crippen LogP contribution in [0.25, 0.3) is 22.2 Å². The molecule has 3 rings (SSSR count). The summed E-state index contributed by atoms with van der Waals surface area (Å²) in [6.07, 6.45) is 3.51. The van der Waals surface area contributed by atoms with Gasteiger partial charge in [0.2, 0.25) is 0 Å². The Bertz CT molecular complexity index is 643. The SMILES string of the molecule is Fc1ccccc1-c1cnc2cc[nH]c2c1. The first-order chi connectivity index (χ1) is 7.84. The van der Waals surface area contributed by atoms with Crippen LogP contribution in [0.15, 0.2) is 48.8 Å². The minimum Gasteiger partial charge on any atom is -0.360 e. The quantitative estimate of drug-likeness (QED) is 0.658. The fourth-order valence-electron chi connectivity index (χ4n) is 1.78. The first-order valence-corrected chi connectivity index (χ1v) is 5.02. The molecule has 0 aliphatic carbocycles. The molecule has 0 atom stereocenters. The van der Waals surface area contributed by atoms with E-state index in [-0.39, 0.29) is 5.82 Å². The van der Waals surface area contributed by atoms with Gasteiger partial charge in [0.15, 0.2) is 0 Å². The van der Waals surface area contributed by atoms with E-state index in [1.165, 1.54) is 6.07 Å². The van der Waals surface area contributed by atoms with Gasteiger partial charge >= 0.3 is 0 Å². The van der Waals surface area contributed by atoms with E-state index in [0.29, 0.717) is 5.56 Å². The van der Waals surface area contributed by atoms with E-state index in [2.05, 4.69) is 9.97 Å². The maximum absolute atomic E-state index is 13.6. The summed E-state index contributed by atoms with van der Waals surface area (Å²) < 4.78 is 13.6. The number of nitrogens with one attached hydrogen (secondary N) is 1. The smallest absolute Gasteiger partial charge is 0.131 e. The van der Waals surface area contributed by atoms with Crippen LogP contribution in [-0.4, -0.2) is 9.97 Å². The molecule has 0 amide bonds. The van der Waals surface area contributed by atoms with Crippen LogP contribution in [0, 0.1) is 5.82 Å². The molecule has 0 radical (unpaired) electrons. The van der Waals surface area contributed by atoms with Crippen molar-refractivity contribution in [1.82, 2.24) is 9.97 Å². The summed E-state index contributed by atoms with van der Waals surface area (Å²) in [6.45, 7) is 0. The van der Waals surface area contributed by atoms with Crippen molar-refractivity contribution in [3.8, 4) is 11.1 Å². The van der Waals surface area contributed by atoms with Crippen molar-refractivity contribution >= 4 is 11.0 Å². The Hall–Kier alpha value is -2.16. The molecular weight excluding hydrogens is 203 g/mol. The van der Waals surface area contributed by atoms with Crippen molar-refractivity contribution in [3.05, 3.63) is 54.6 Å². The third kappa shape index (κ3) is 1.37. The Morgan fingerprint density at radius 2 is 2.00 bits per heavy atom. The van der Waals surface area contributed by atoms with Gasteiger partial charge in [-0.15, -0.1) is 0 Å². The Morgan fingerprint density at radius 1 is 1.12 bits per heavy atom. The molecule has 0 fully saturated rings. The number of aromatic nitrogens is 2. The maximum Gasteiger partial charge on any atom is 0.131 e. The largest absolute Gasteiger partial charge is 0.360 e. The number of H-pyrrole nitrogens is 1. The van der Waals surface area contributed by atoms with Crippen LogP contribution < -0.4 is 0 Å². The number of nitrogens with zero attached hydrogens (tertiary/aromatic N) is 1. The van der Waals surface area contributed by atoms with Crippen LogP contribution in [-0.2, 0) is 0 Å². The minimum absolute atomic E-state index is 0.227. The van der Waals surface area contributed by atoms with Crippen molar-refractivity contribution in [2.24, 2.45) is 0 Å². The highest BCUT2D eigenvalue weighted by atomic mass is 19.1. The van der Waals surface area contributed by atoms with Crippen LogP contribution in [0.5, 0.6) is 0 Å². The van der Waals surface area contributed by atoms with Gasteiger partial charge in [0.25, 0.3) is 0 Å². The van der Waals surface area contributed by atoms with Crippen molar-refractivity contribution in [3.63, 3.8) is 0 Å². The second-order valence-corrected chi connectivity index (χ2v) is 3.61. The summed E-state index contributed by atoms with van der Waals surface area (Å²) in [5, 5.41) is 0. The van der Waals surface area contributed by atoms with Gasteiger partial charge in [-0.3, -0.25) is 4.98 Å². The van der Waals surface area contributed by atoms with Gasteiger partial charge in [-0.25, -0.2) is 4.39 Å². The number of halogens is 1. The van der Waals surface area contributed by atoms with E-state index in [9.17, 15) is 4.39 Å². The van der Waals surface area contributed by atoms with Gasteiger partial charge in [0.1, 0.15) is 5.82 Å². The Kier molecular flexibility index (Phi) is 1.96. The first-order valence-electron chi connectivity index (χ1n) is 5.02. The zero-order chi connectivity index (χ0) is 11.0. The van der Waals surface area contributed by atoms with E-state index >= 15 is 0 Å². The number of rotatable bonds is 1. The summed E-state index contributed by atoms with van der Waals surface area (Å²) in [6, 6.07) is 10.5. The molecule has 0 saturated heterocycles. The Morgan fingerprint density at radius 3 is 2.88 bits per heavy atom. The lowest BCUT2D eigenvalue weighted by molar-refractivity contribution is 0.631. The normalized spacial score (nSPS) is 10.8. The zero-order valence-electron chi connectivity index (χ0n) is 8.44. The highest BCUT2D eigenvalue weighted by Gasteiger charge is 2.05. The molecule has 1 N–H and O–H groups in total. The molecule has 2 aromatic heterocycles. The minimum atomic E-state index is -0.227. The van der Waals surface area contributed by atoms with E-state index in [4.69, 9.17) is 0 Å². The van der Waals surface area contributed by atoms with Gasteiger partial charge in [0, 0.05) is 23.5 Å². The van der Waals surface area contributed by atoms with E-state index in [1.54, 1.807) is 18.3 Å². The van der Waals surface area contributed by atoms with Gasteiger partial charge in [-0.05, 0) is 18.2 Å². The van der Waals surface area contributed by atoms with Gasteiger partial charge in [-0.1, -0.05) is 18.2 Å². The topological polar surface area (TPSA) is 28.7 Å². The molecule has 0 aliphatic heterocycles. The second-order valence-electron chi connectivity index (χ2n) is 3.61. The van der Waals surface area contributed by atoms with Crippen LogP contribution in [0.3, 0.4) is 0 Å². The molecule has 0 spiro atoms. The number of benzene rings is 1. The number of fused-ring (bicyclic) bond motifs is 1. The van der Waals surface area contributed by atoms with Crippen LogP contribution in [0.1, 0.15) is 0 Å². The average Bonchev–Trinajstić information content (AvgIpc) is 2.76. The van der Waals surface area contributed by atoms with Crippen LogP contribution in [0.2, 0.25) is 0 Å². The standard InChI is InChI=1S/C13H9FN2/c14-11-4-2-1-3-10(11)9-7-13-12(16-8-9)5-6-15-13/h1-8,15H. The molecule has 2 heterocycles. The molecule has 0 unspecified atom stereocenters. The third-order valence-electron chi connectivity index (χ3n) is 2.58. The van der Waals surface area contributed by atoms with Gasteiger partial charge in [0.05, 0.1) is 11.0 Å². The highest BCUT2D eigenvalue weighted by Crippen LogP contribution is 2.24. The van der Waals surface area contributed by atoms with E-state index < -0.39 is 0 Å². The predicted molar refractivity (Wildman–Crippen MR) is 61.5 cm³/mol. The fourth-order valence-corrected chi connectivity index (χ4v) is 1.78. The number of hydrogen-bond donors (Lipinski definition) is 1. The fraction of sp³-hybridized carbons (Fsp3) is 0.